The summed E-state index contributed by atoms with van der Waals surface area (Å²) in [5.74, 6) is 0.171. The van der Waals surface area contributed by atoms with Crippen LogP contribution in [0.25, 0.3) is 0 Å². The van der Waals surface area contributed by atoms with Crippen molar-refractivity contribution >= 4 is 5.91 Å². The summed E-state index contributed by atoms with van der Waals surface area (Å²) in [5.41, 5.74) is 1.32. The Hall–Kier alpha value is -1.39. The first-order chi connectivity index (χ1) is 10.8. The van der Waals surface area contributed by atoms with Gasteiger partial charge in [-0.3, -0.25) is 4.79 Å². The van der Waals surface area contributed by atoms with Crippen molar-refractivity contribution in [1.29, 1.82) is 0 Å². The van der Waals surface area contributed by atoms with Crippen LogP contribution in [0.1, 0.15) is 37.7 Å². The molecular formula is C18H28N2O2. The van der Waals surface area contributed by atoms with E-state index in [9.17, 15) is 4.79 Å². The van der Waals surface area contributed by atoms with Gasteiger partial charge >= 0.3 is 0 Å². The summed E-state index contributed by atoms with van der Waals surface area (Å²) in [7, 11) is 0. The number of unbranched alkanes of at least 4 members (excludes halogenated alkanes) is 1. The van der Waals surface area contributed by atoms with Crippen molar-refractivity contribution in [2.45, 2.75) is 44.6 Å². The van der Waals surface area contributed by atoms with E-state index in [0.29, 0.717) is 12.5 Å². The lowest BCUT2D eigenvalue weighted by molar-refractivity contribution is -0.121. The van der Waals surface area contributed by atoms with Gasteiger partial charge in [-0.05, 0) is 44.2 Å². The molecule has 0 aliphatic carbocycles. The highest BCUT2D eigenvalue weighted by atomic mass is 16.5. The van der Waals surface area contributed by atoms with Crippen LogP contribution in [0.3, 0.4) is 0 Å². The normalized spacial score (nSPS) is 17.5. The molecular weight excluding hydrogens is 276 g/mol. The Labute approximate surface area is 133 Å². The average Bonchev–Trinajstić information content (AvgIpc) is 3.04. The minimum atomic E-state index is 0.171. The van der Waals surface area contributed by atoms with Crippen molar-refractivity contribution in [3.8, 4) is 0 Å². The Bertz CT molecular complexity index is 416. The highest BCUT2D eigenvalue weighted by Crippen LogP contribution is 2.08. The fourth-order valence-corrected chi connectivity index (χ4v) is 2.72. The number of amides is 1. The number of carbonyl (C=O) groups is 1. The maximum absolute atomic E-state index is 11.7. The number of hydrogen-bond donors (Lipinski definition) is 2. The third-order valence-corrected chi connectivity index (χ3v) is 4.01. The lowest BCUT2D eigenvalue weighted by atomic mass is 10.1. The second-order valence-corrected chi connectivity index (χ2v) is 5.90. The Morgan fingerprint density at radius 2 is 2.09 bits per heavy atom. The first-order valence-corrected chi connectivity index (χ1v) is 8.46. The molecule has 0 aromatic heterocycles. The smallest absolute Gasteiger partial charge is 0.221 e. The van der Waals surface area contributed by atoms with E-state index >= 15 is 0 Å². The maximum atomic E-state index is 11.7. The molecule has 4 nitrogen and oxygen atoms in total. The van der Waals surface area contributed by atoms with E-state index in [4.69, 9.17) is 4.74 Å². The van der Waals surface area contributed by atoms with Gasteiger partial charge in [0.05, 0.1) is 6.61 Å². The van der Waals surface area contributed by atoms with Crippen molar-refractivity contribution in [1.82, 2.24) is 10.6 Å². The number of benzene rings is 1. The molecule has 0 spiro atoms. The van der Waals surface area contributed by atoms with E-state index in [1.807, 2.05) is 6.07 Å². The topological polar surface area (TPSA) is 50.4 Å². The van der Waals surface area contributed by atoms with Crippen molar-refractivity contribution in [3.63, 3.8) is 0 Å². The molecule has 122 valence electrons. The van der Waals surface area contributed by atoms with E-state index in [0.717, 1.165) is 52.0 Å². The largest absolute Gasteiger partial charge is 0.381 e. The van der Waals surface area contributed by atoms with Crippen LogP contribution >= 0.6 is 0 Å². The van der Waals surface area contributed by atoms with Gasteiger partial charge in [-0.15, -0.1) is 0 Å². The van der Waals surface area contributed by atoms with Crippen LogP contribution < -0.4 is 10.6 Å². The van der Waals surface area contributed by atoms with Crippen LogP contribution in [-0.4, -0.2) is 38.3 Å². The Morgan fingerprint density at radius 3 is 2.86 bits per heavy atom. The van der Waals surface area contributed by atoms with E-state index in [1.54, 1.807) is 0 Å². The Morgan fingerprint density at radius 1 is 1.23 bits per heavy atom. The molecule has 22 heavy (non-hydrogen) atoms. The molecule has 1 aromatic carbocycles. The van der Waals surface area contributed by atoms with E-state index in [2.05, 4.69) is 34.9 Å². The number of hydrogen-bond acceptors (Lipinski definition) is 3. The van der Waals surface area contributed by atoms with Gasteiger partial charge in [0, 0.05) is 25.6 Å². The molecule has 1 fully saturated rings. The summed E-state index contributed by atoms with van der Waals surface area (Å²) in [5, 5.41) is 6.34. The molecule has 2 N–H and O–H groups in total. The van der Waals surface area contributed by atoms with Crippen LogP contribution in [0.5, 0.6) is 0 Å². The fourth-order valence-electron chi connectivity index (χ4n) is 2.72. The van der Waals surface area contributed by atoms with Gasteiger partial charge in [0.25, 0.3) is 0 Å². The molecule has 1 aromatic rings. The molecule has 4 heteroatoms. The van der Waals surface area contributed by atoms with Gasteiger partial charge in [-0.25, -0.2) is 0 Å². The molecule has 1 saturated heterocycles. The zero-order chi connectivity index (χ0) is 15.5. The second kappa shape index (κ2) is 10.4. The Balaban J connectivity index is 1.38. The van der Waals surface area contributed by atoms with Crippen LogP contribution in [0.4, 0.5) is 0 Å². The van der Waals surface area contributed by atoms with E-state index in [-0.39, 0.29) is 5.91 Å². The maximum Gasteiger partial charge on any atom is 0.221 e. The summed E-state index contributed by atoms with van der Waals surface area (Å²) < 4.78 is 5.63. The van der Waals surface area contributed by atoms with Crippen LogP contribution in [-0.2, 0) is 16.0 Å². The van der Waals surface area contributed by atoms with Crippen molar-refractivity contribution in [2.75, 3.05) is 26.3 Å². The quantitative estimate of drug-likeness (QED) is 0.652. The highest BCUT2D eigenvalue weighted by molar-refractivity contribution is 5.76. The molecule has 1 aliphatic rings. The first-order valence-electron chi connectivity index (χ1n) is 8.46. The molecule has 2 rings (SSSR count). The third-order valence-electron chi connectivity index (χ3n) is 4.01. The van der Waals surface area contributed by atoms with Crippen molar-refractivity contribution in [3.05, 3.63) is 35.9 Å². The third kappa shape index (κ3) is 7.05. The minimum absolute atomic E-state index is 0.171. The SMILES string of the molecule is O=C(CC1CCCN1)NCCCCOCCc1ccccc1. The van der Waals surface area contributed by atoms with Crippen molar-refractivity contribution in [2.24, 2.45) is 0 Å². The fraction of sp³-hybridized carbons (Fsp3) is 0.611. The summed E-state index contributed by atoms with van der Waals surface area (Å²) in [6.07, 6.45) is 5.88. The van der Waals surface area contributed by atoms with Crippen LogP contribution in [0.2, 0.25) is 0 Å². The van der Waals surface area contributed by atoms with Gasteiger partial charge in [-0.1, -0.05) is 30.3 Å². The monoisotopic (exact) mass is 304 g/mol. The summed E-state index contributed by atoms with van der Waals surface area (Å²) in [4.78, 5) is 11.7. The minimum Gasteiger partial charge on any atom is -0.381 e. The lowest BCUT2D eigenvalue weighted by Crippen LogP contribution is -2.32. The molecule has 1 heterocycles. The number of ether oxygens (including phenoxy) is 1. The summed E-state index contributed by atoms with van der Waals surface area (Å²) in [6.45, 7) is 3.35. The van der Waals surface area contributed by atoms with Gasteiger partial charge < -0.3 is 15.4 Å². The zero-order valence-electron chi connectivity index (χ0n) is 13.4. The average molecular weight is 304 g/mol. The standard InChI is InChI=1S/C18H28N2O2/c21-18(15-17-9-6-12-19-17)20-11-4-5-13-22-14-10-16-7-2-1-3-8-16/h1-3,7-8,17,19H,4-6,9-15H2,(H,20,21). The molecule has 0 saturated carbocycles. The second-order valence-electron chi connectivity index (χ2n) is 5.90. The van der Waals surface area contributed by atoms with E-state index in [1.165, 1.54) is 12.0 Å². The number of nitrogens with one attached hydrogen (secondary N) is 2. The summed E-state index contributed by atoms with van der Waals surface area (Å²) >= 11 is 0. The molecule has 0 radical (unpaired) electrons. The van der Waals surface area contributed by atoms with E-state index < -0.39 is 0 Å². The van der Waals surface area contributed by atoms with Crippen LogP contribution in [0.15, 0.2) is 30.3 Å². The molecule has 1 unspecified atom stereocenters. The zero-order valence-corrected chi connectivity index (χ0v) is 13.4. The predicted octanol–water partition coefficient (Wildman–Crippen LogP) is 2.28. The highest BCUT2D eigenvalue weighted by Gasteiger charge is 2.16. The van der Waals surface area contributed by atoms with Crippen LogP contribution in [0, 0.1) is 0 Å². The first kappa shape index (κ1) is 17.0. The summed E-state index contributed by atoms with van der Waals surface area (Å²) in [6, 6.07) is 10.8. The van der Waals surface area contributed by atoms with Gasteiger partial charge in [-0.2, -0.15) is 0 Å². The van der Waals surface area contributed by atoms with Gasteiger partial charge in [0.15, 0.2) is 0 Å². The van der Waals surface area contributed by atoms with Gasteiger partial charge in [0.2, 0.25) is 5.91 Å². The predicted molar refractivity (Wildman–Crippen MR) is 88.9 cm³/mol. The molecule has 1 amide bonds. The van der Waals surface area contributed by atoms with Crippen molar-refractivity contribution < 1.29 is 9.53 Å². The number of rotatable bonds is 10. The molecule has 0 bridgehead atoms. The number of carbonyl (C=O) groups excluding carboxylic acids is 1. The molecule has 1 atom stereocenters. The Kier molecular flexibility index (Phi) is 7.99. The molecule has 1 aliphatic heterocycles. The van der Waals surface area contributed by atoms with Gasteiger partial charge in [0.1, 0.15) is 0 Å². The lowest BCUT2D eigenvalue weighted by Gasteiger charge is -2.10.